The molecule has 7 heteroatoms. The average Bonchev–Trinajstić information content (AvgIpc) is 2.64. The van der Waals surface area contributed by atoms with Crippen LogP contribution in [-0.2, 0) is 4.79 Å². The minimum atomic E-state index is -1.24. The number of carboxylic acids is 1. The van der Waals surface area contributed by atoms with Crippen LogP contribution in [0.3, 0.4) is 0 Å². The number of carbonyl (C=O) groups is 2. The summed E-state index contributed by atoms with van der Waals surface area (Å²) in [7, 11) is 1.66. The molecule has 1 aliphatic heterocycles. The van der Waals surface area contributed by atoms with Gasteiger partial charge < -0.3 is 21.1 Å². The predicted molar refractivity (Wildman–Crippen MR) is 67.4 cm³/mol. The lowest BCUT2D eigenvalue weighted by Crippen LogP contribution is -2.31. The first-order valence-corrected chi connectivity index (χ1v) is 5.74. The number of hydrogen-bond acceptors (Lipinski definition) is 4. The number of carboxylic acid groups (broad SMARTS) is 1. The molecule has 0 radical (unpaired) electrons. The van der Waals surface area contributed by atoms with Crippen LogP contribution in [-0.4, -0.2) is 41.5 Å². The van der Waals surface area contributed by atoms with Gasteiger partial charge in [0.1, 0.15) is 11.9 Å². The number of nitrogens with one attached hydrogen (secondary N) is 1. The van der Waals surface area contributed by atoms with Crippen LogP contribution in [0.4, 0.5) is 15.8 Å². The SMILES string of the molecule is CN1CCC(Nc2cc(C(=O)O)c(N)cc2F)C1=O. The van der Waals surface area contributed by atoms with Crippen molar-refractivity contribution in [1.82, 2.24) is 4.90 Å². The van der Waals surface area contributed by atoms with E-state index in [9.17, 15) is 14.0 Å². The molecule has 1 saturated heterocycles. The van der Waals surface area contributed by atoms with Crippen molar-refractivity contribution in [2.45, 2.75) is 12.5 Å². The summed E-state index contributed by atoms with van der Waals surface area (Å²) in [4.78, 5) is 24.2. The van der Waals surface area contributed by atoms with E-state index in [0.29, 0.717) is 13.0 Å². The summed E-state index contributed by atoms with van der Waals surface area (Å²) in [5, 5.41) is 11.7. The smallest absolute Gasteiger partial charge is 0.337 e. The molecule has 1 aliphatic rings. The van der Waals surface area contributed by atoms with E-state index in [4.69, 9.17) is 10.8 Å². The number of halogens is 1. The molecule has 1 aromatic carbocycles. The van der Waals surface area contributed by atoms with Crippen molar-refractivity contribution >= 4 is 23.3 Å². The number of carbonyl (C=O) groups excluding carboxylic acids is 1. The number of nitrogens with two attached hydrogens (primary N) is 1. The number of nitrogen functional groups attached to an aromatic ring is 1. The Morgan fingerprint density at radius 3 is 2.79 bits per heavy atom. The van der Waals surface area contributed by atoms with Crippen LogP contribution in [0.15, 0.2) is 12.1 Å². The molecule has 1 unspecified atom stereocenters. The van der Waals surface area contributed by atoms with E-state index in [-0.39, 0.29) is 22.8 Å². The van der Waals surface area contributed by atoms with E-state index < -0.39 is 17.8 Å². The molecule has 1 aromatic rings. The van der Waals surface area contributed by atoms with E-state index in [1.807, 2.05) is 0 Å². The first kappa shape index (κ1) is 13.1. The van der Waals surface area contributed by atoms with Gasteiger partial charge in [-0.25, -0.2) is 9.18 Å². The molecule has 1 heterocycles. The van der Waals surface area contributed by atoms with Gasteiger partial charge in [-0.1, -0.05) is 0 Å². The monoisotopic (exact) mass is 267 g/mol. The fourth-order valence-corrected chi connectivity index (χ4v) is 2.03. The third kappa shape index (κ3) is 2.44. The van der Waals surface area contributed by atoms with Gasteiger partial charge in [0.2, 0.25) is 5.91 Å². The van der Waals surface area contributed by atoms with Crippen molar-refractivity contribution in [2.24, 2.45) is 0 Å². The minimum absolute atomic E-state index is 0.0275. The Morgan fingerprint density at radius 1 is 1.58 bits per heavy atom. The molecule has 4 N–H and O–H groups in total. The normalized spacial score (nSPS) is 18.7. The molecule has 1 fully saturated rings. The van der Waals surface area contributed by atoms with E-state index in [0.717, 1.165) is 12.1 Å². The number of anilines is 2. The van der Waals surface area contributed by atoms with E-state index in [1.54, 1.807) is 7.05 Å². The van der Waals surface area contributed by atoms with Crippen LogP contribution in [0.5, 0.6) is 0 Å². The predicted octanol–water partition coefficient (Wildman–Crippen LogP) is 0.749. The number of aromatic carboxylic acids is 1. The van der Waals surface area contributed by atoms with Gasteiger partial charge in [0.05, 0.1) is 11.3 Å². The van der Waals surface area contributed by atoms with Crippen molar-refractivity contribution in [2.75, 3.05) is 24.6 Å². The van der Waals surface area contributed by atoms with Crippen molar-refractivity contribution in [3.05, 3.63) is 23.5 Å². The van der Waals surface area contributed by atoms with Gasteiger partial charge in [0.25, 0.3) is 0 Å². The molecule has 1 atom stereocenters. The zero-order valence-electron chi connectivity index (χ0n) is 10.3. The lowest BCUT2D eigenvalue weighted by molar-refractivity contribution is -0.127. The maximum absolute atomic E-state index is 13.7. The molecule has 0 bridgehead atoms. The first-order valence-electron chi connectivity index (χ1n) is 5.74. The van der Waals surface area contributed by atoms with Gasteiger partial charge >= 0.3 is 5.97 Å². The maximum atomic E-state index is 13.7. The molecular formula is C12H14FN3O3. The van der Waals surface area contributed by atoms with Gasteiger partial charge in [-0.2, -0.15) is 0 Å². The second-order valence-corrected chi connectivity index (χ2v) is 4.47. The molecule has 0 aromatic heterocycles. The molecule has 0 spiro atoms. The first-order chi connectivity index (χ1) is 8.90. The third-order valence-corrected chi connectivity index (χ3v) is 3.13. The molecule has 0 saturated carbocycles. The summed E-state index contributed by atoms with van der Waals surface area (Å²) < 4.78 is 13.7. The number of nitrogens with zero attached hydrogens (tertiary/aromatic N) is 1. The fourth-order valence-electron chi connectivity index (χ4n) is 2.03. The number of benzene rings is 1. The zero-order chi connectivity index (χ0) is 14.2. The highest BCUT2D eigenvalue weighted by Crippen LogP contribution is 2.24. The van der Waals surface area contributed by atoms with Crippen LogP contribution in [0, 0.1) is 5.82 Å². The largest absolute Gasteiger partial charge is 0.478 e. The van der Waals surface area contributed by atoms with Gasteiger partial charge in [-0.05, 0) is 18.6 Å². The second-order valence-electron chi connectivity index (χ2n) is 4.47. The van der Waals surface area contributed by atoms with Crippen LogP contribution in [0.2, 0.25) is 0 Å². The van der Waals surface area contributed by atoms with Crippen molar-refractivity contribution in [1.29, 1.82) is 0 Å². The van der Waals surface area contributed by atoms with E-state index in [1.165, 1.54) is 4.90 Å². The molecule has 0 aliphatic carbocycles. The van der Waals surface area contributed by atoms with Gasteiger partial charge in [0, 0.05) is 19.3 Å². The van der Waals surface area contributed by atoms with Gasteiger partial charge in [-0.3, -0.25) is 4.79 Å². The summed E-state index contributed by atoms with van der Waals surface area (Å²) in [6.45, 7) is 0.582. The summed E-state index contributed by atoms with van der Waals surface area (Å²) in [5.74, 6) is -2.06. The molecule has 1 amide bonds. The quantitative estimate of drug-likeness (QED) is 0.702. The molecule has 2 rings (SSSR count). The Kier molecular flexibility index (Phi) is 3.28. The van der Waals surface area contributed by atoms with Crippen LogP contribution < -0.4 is 11.1 Å². The highest BCUT2D eigenvalue weighted by molar-refractivity contribution is 5.95. The fraction of sp³-hybridized carbons (Fsp3) is 0.333. The second kappa shape index (κ2) is 4.75. The van der Waals surface area contributed by atoms with Crippen LogP contribution in [0.1, 0.15) is 16.8 Å². The number of rotatable bonds is 3. The Balaban J connectivity index is 2.28. The van der Waals surface area contributed by atoms with Crippen molar-refractivity contribution in [3.63, 3.8) is 0 Å². The summed E-state index contributed by atoms with van der Waals surface area (Å²) in [6.07, 6.45) is 0.543. The minimum Gasteiger partial charge on any atom is -0.478 e. The Bertz CT molecular complexity index is 547. The summed E-state index contributed by atoms with van der Waals surface area (Å²) in [6, 6.07) is 1.51. The molecular weight excluding hydrogens is 253 g/mol. The zero-order valence-corrected chi connectivity index (χ0v) is 10.3. The summed E-state index contributed by atoms with van der Waals surface area (Å²) in [5.41, 5.74) is 5.06. The third-order valence-electron chi connectivity index (χ3n) is 3.13. The highest BCUT2D eigenvalue weighted by atomic mass is 19.1. The topological polar surface area (TPSA) is 95.7 Å². The average molecular weight is 267 g/mol. The lowest BCUT2D eigenvalue weighted by atomic mass is 10.1. The maximum Gasteiger partial charge on any atom is 0.337 e. The number of likely N-dealkylation sites (tertiary alicyclic amines) is 1. The Hall–Kier alpha value is -2.31. The van der Waals surface area contributed by atoms with Crippen LogP contribution >= 0.6 is 0 Å². The highest BCUT2D eigenvalue weighted by Gasteiger charge is 2.29. The lowest BCUT2D eigenvalue weighted by Gasteiger charge is -2.15. The Morgan fingerprint density at radius 2 is 2.26 bits per heavy atom. The molecule has 19 heavy (non-hydrogen) atoms. The molecule has 6 nitrogen and oxygen atoms in total. The van der Waals surface area contributed by atoms with Crippen LogP contribution in [0.25, 0.3) is 0 Å². The van der Waals surface area contributed by atoms with Gasteiger partial charge in [-0.15, -0.1) is 0 Å². The summed E-state index contributed by atoms with van der Waals surface area (Å²) >= 11 is 0. The number of amides is 1. The van der Waals surface area contributed by atoms with Gasteiger partial charge in [0.15, 0.2) is 0 Å². The number of likely N-dealkylation sites (N-methyl/N-ethyl adjacent to an activating group) is 1. The van der Waals surface area contributed by atoms with E-state index in [2.05, 4.69) is 5.32 Å². The van der Waals surface area contributed by atoms with E-state index >= 15 is 0 Å². The van der Waals surface area contributed by atoms with Crippen molar-refractivity contribution < 1.29 is 19.1 Å². The molecule has 102 valence electrons. The number of hydrogen-bond donors (Lipinski definition) is 3. The Labute approximate surface area is 109 Å². The standard InChI is InChI=1S/C12H14FN3O3/c1-16-3-2-9(11(16)17)15-10-4-6(12(18)19)8(14)5-7(10)13/h4-5,9,15H,2-3,14H2,1H3,(H,18,19). The van der Waals surface area contributed by atoms with Crippen molar-refractivity contribution in [3.8, 4) is 0 Å².